The van der Waals surface area contributed by atoms with Gasteiger partial charge in [-0.25, -0.2) is 0 Å². The molecule has 16 heavy (non-hydrogen) atoms. The van der Waals surface area contributed by atoms with Crippen LogP contribution in [0.1, 0.15) is 31.2 Å². The molecule has 1 N–H and O–H groups in total. The summed E-state index contributed by atoms with van der Waals surface area (Å²) >= 11 is 3.57. The Balaban J connectivity index is 2.16. The fraction of sp³-hybridized carbons (Fsp3) is 0.538. The van der Waals surface area contributed by atoms with E-state index in [1.807, 2.05) is 13.1 Å². The highest BCUT2D eigenvalue weighted by molar-refractivity contribution is 9.10. The normalized spacial score (nSPS) is 16.6. The average molecular weight is 284 g/mol. The third-order valence-corrected chi connectivity index (χ3v) is 3.63. The summed E-state index contributed by atoms with van der Waals surface area (Å²) in [5.41, 5.74) is 1.23. The first-order valence-corrected chi connectivity index (χ1v) is 6.69. The Bertz CT molecular complexity index is 348. The quantitative estimate of drug-likeness (QED) is 0.913. The van der Waals surface area contributed by atoms with E-state index in [-0.39, 0.29) is 0 Å². The predicted molar refractivity (Wildman–Crippen MR) is 69.8 cm³/mol. The standard InChI is InChI=1S/C13H18BrNO/c1-15-9-10-5-4-8-12(14)13(10)16-11-6-2-3-7-11/h4-5,8,11,15H,2-3,6-7,9H2,1H3. The van der Waals surface area contributed by atoms with Crippen LogP contribution in [-0.4, -0.2) is 13.2 Å². The van der Waals surface area contributed by atoms with E-state index < -0.39 is 0 Å². The minimum atomic E-state index is 0.411. The number of halogens is 1. The zero-order chi connectivity index (χ0) is 11.4. The zero-order valence-corrected chi connectivity index (χ0v) is 11.2. The van der Waals surface area contributed by atoms with Crippen LogP contribution in [0.3, 0.4) is 0 Å². The van der Waals surface area contributed by atoms with Crippen LogP contribution in [0, 0.1) is 0 Å². The fourth-order valence-electron chi connectivity index (χ4n) is 2.19. The molecule has 1 aromatic rings. The summed E-state index contributed by atoms with van der Waals surface area (Å²) in [7, 11) is 1.96. The van der Waals surface area contributed by atoms with Gasteiger partial charge in [-0.1, -0.05) is 12.1 Å². The van der Waals surface area contributed by atoms with Crippen molar-refractivity contribution < 1.29 is 4.74 Å². The maximum Gasteiger partial charge on any atom is 0.138 e. The van der Waals surface area contributed by atoms with Gasteiger partial charge in [-0.3, -0.25) is 0 Å². The van der Waals surface area contributed by atoms with Gasteiger partial charge < -0.3 is 10.1 Å². The summed E-state index contributed by atoms with van der Waals surface area (Å²) in [6, 6.07) is 6.22. The maximum atomic E-state index is 6.10. The molecule has 0 aromatic heterocycles. The third-order valence-electron chi connectivity index (χ3n) is 3.00. The molecule has 2 rings (SSSR count). The minimum Gasteiger partial charge on any atom is -0.489 e. The lowest BCUT2D eigenvalue weighted by molar-refractivity contribution is 0.206. The van der Waals surface area contributed by atoms with E-state index in [2.05, 4.69) is 33.4 Å². The van der Waals surface area contributed by atoms with Crippen molar-refractivity contribution >= 4 is 15.9 Å². The summed E-state index contributed by atoms with van der Waals surface area (Å²) in [4.78, 5) is 0. The van der Waals surface area contributed by atoms with Gasteiger partial charge in [0.2, 0.25) is 0 Å². The van der Waals surface area contributed by atoms with Crippen LogP contribution in [0.4, 0.5) is 0 Å². The van der Waals surface area contributed by atoms with Crippen LogP contribution in [0.2, 0.25) is 0 Å². The van der Waals surface area contributed by atoms with Gasteiger partial charge in [0.1, 0.15) is 5.75 Å². The Morgan fingerprint density at radius 2 is 2.12 bits per heavy atom. The van der Waals surface area contributed by atoms with E-state index in [0.29, 0.717) is 6.10 Å². The van der Waals surface area contributed by atoms with Gasteiger partial charge in [0, 0.05) is 12.1 Å². The summed E-state index contributed by atoms with van der Waals surface area (Å²) in [6.45, 7) is 0.849. The lowest BCUT2D eigenvalue weighted by Crippen LogP contribution is -2.14. The van der Waals surface area contributed by atoms with E-state index in [9.17, 15) is 0 Å². The van der Waals surface area contributed by atoms with Crippen LogP contribution in [-0.2, 0) is 6.54 Å². The molecule has 2 nitrogen and oxygen atoms in total. The molecule has 0 radical (unpaired) electrons. The largest absolute Gasteiger partial charge is 0.489 e. The van der Waals surface area contributed by atoms with Gasteiger partial charge in [0.15, 0.2) is 0 Å². The summed E-state index contributed by atoms with van der Waals surface area (Å²) in [6.07, 6.45) is 5.41. The van der Waals surface area contributed by atoms with Gasteiger partial charge >= 0.3 is 0 Å². The first-order valence-electron chi connectivity index (χ1n) is 5.90. The Morgan fingerprint density at radius 1 is 1.38 bits per heavy atom. The highest BCUT2D eigenvalue weighted by Crippen LogP contribution is 2.33. The molecule has 0 aliphatic heterocycles. The molecule has 0 saturated heterocycles. The van der Waals surface area contributed by atoms with E-state index in [1.165, 1.54) is 31.2 Å². The van der Waals surface area contributed by atoms with Crippen LogP contribution >= 0.6 is 15.9 Å². The lowest BCUT2D eigenvalue weighted by Gasteiger charge is -2.17. The van der Waals surface area contributed by atoms with Crippen molar-refractivity contribution in [2.45, 2.75) is 38.3 Å². The molecule has 0 heterocycles. The molecule has 0 spiro atoms. The number of ether oxygens (including phenoxy) is 1. The van der Waals surface area contributed by atoms with Crippen molar-refractivity contribution in [1.82, 2.24) is 5.32 Å². The van der Waals surface area contributed by atoms with Crippen LogP contribution in [0.25, 0.3) is 0 Å². The Kier molecular flexibility index (Phi) is 4.24. The minimum absolute atomic E-state index is 0.411. The molecule has 0 amide bonds. The second kappa shape index (κ2) is 5.69. The first-order chi connectivity index (χ1) is 7.81. The van der Waals surface area contributed by atoms with Crippen molar-refractivity contribution in [3.63, 3.8) is 0 Å². The summed E-state index contributed by atoms with van der Waals surface area (Å²) in [5, 5.41) is 3.18. The fourth-order valence-corrected chi connectivity index (χ4v) is 2.69. The molecule has 1 fully saturated rings. The molecule has 0 unspecified atom stereocenters. The molecular weight excluding hydrogens is 266 g/mol. The van der Waals surface area contributed by atoms with E-state index >= 15 is 0 Å². The maximum absolute atomic E-state index is 6.10. The topological polar surface area (TPSA) is 21.3 Å². The van der Waals surface area contributed by atoms with Crippen LogP contribution < -0.4 is 10.1 Å². The van der Waals surface area contributed by atoms with Gasteiger partial charge in [-0.15, -0.1) is 0 Å². The second-order valence-corrected chi connectivity index (χ2v) is 5.14. The lowest BCUT2D eigenvalue weighted by atomic mass is 10.2. The average Bonchev–Trinajstić information content (AvgIpc) is 2.76. The van der Waals surface area contributed by atoms with E-state index in [4.69, 9.17) is 4.74 Å². The molecule has 1 aliphatic carbocycles. The summed E-state index contributed by atoms with van der Waals surface area (Å²) < 4.78 is 7.17. The van der Waals surface area contributed by atoms with Crippen molar-refractivity contribution in [2.24, 2.45) is 0 Å². The third kappa shape index (κ3) is 2.77. The highest BCUT2D eigenvalue weighted by atomic mass is 79.9. The van der Waals surface area contributed by atoms with Crippen molar-refractivity contribution in [3.8, 4) is 5.75 Å². The van der Waals surface area contributed by atoms with E-state index in [1.54, 1.807) is 0 Å². The monoisotopic (exact) mass is 283 g/mol. The number of para-hydroxylation sites is 1. The van der Waals surface area contributed by atoms with Gasteiger partial charge in [0.25, 0.3) is 0 Å². The predicted octanol–water partition coefficient (Wildman–Crippen LogP) is 3.49. The molecular formula is C13H18BrNO. The molecule has 88 valence electrons. The first kappa shape index (κ1) is 11.9. The Morgan fingerprint density at radius 3 is 2.81 bits per heavy atom. The second-order valence-electron chi connectivity index (χ2n) is 4.28. The van der Waals surface area contributed by atoms with Crippen LogP contribution in [0.5, 0.6) is 5.75 Å². The number of benzene rings is 1. The Labute approximate surface area is 106 Å². The van der Waals surface area contributed by atoms with Crippen LogP contribution in [0.15, 0.2) is 22.7 Å². The number of nitrogens with one attached hydrogen (secondary N) is 1. The number of hydrogen-bond donors (Lipinski definition) is 1. The zero-order valence-electron chi connectivity index (χ0n) is 9.63. The number of rotatable bonds is 4. The molecule has 3 heteroatoms. The van der Waals surface area contributed by atoms with Gasteiger partial charge in [0.05, 0.1) is 10.6 Å². The molecule has 0 bridgehead atoms. The molecule has 1 aromatic carbocycles. The van der Waals surface area contributed by atoms with Crippen molar-refractivity contribution in [2.75, 3.05) is 7.05 Å². The molecule has 1 saturated carbocycles. The summed E-state index contributed by atoms with van der Waals surface area (Å²) in [5.74, 6) is 1.02. The van der Waals surface area contributed by atoms with Gasteiger partial charge in [-0.05, 0) is 54.7 Å². The smallest absolute Gasteiger partial charge is 0.138 e. The SMILES string of the molecule is CNCc1cccc(Br)c1OC1CCCC1. The van der Waals surface area contributed by atoms with Crippen molar-refractivity contribution in [1.29, 1.82) is 0 Å². The van der Waals surface area contributed by atoms with Crippen molar-refractivity contribution in [3.05, 3.63) is 28.2 Å². The Hall–Kier alpha value is -0.540. The highest BCUT2D eigenvalue weighted by Gasteiger charge is 2.19. The number of hydrogen-bond acceptors (Lipinski definition) is 2. The molecule has 0 atom stereocenters. The van der Waals surface area contributed by atoms with E-state index in [0.717, 1.165) is 16.8 Å². The van der Waals surface area contributed by atoms with Gasteiger partial charge in [-0.2, -0.15) is 0 Å². The molecule has 1 aliphatic rings.